The van der Waals surface area contributed by atoms with Crippen molar-refractivity contribution in [2.24, 2.45) is 0 Å². The van der Waals surface area contributed by atoms with Crippen LogP contribution in [-0.4, -0.2) is 37.0 Å². The number of benzene rings is 1. The van der Waals surface area contributed by atoms with E-state index in [0.29, 0.717) is 11.7 Å². The summed E-state index contributed by atoms with van der Waals surface area (Å²) >= 11 is 6.97. The predicted molar refractivity (Wildman–Crippen MR) is 112 cm³/mol. The van der Waals surface area contributed by atoms with Crippen molar-refractivity contribution < 1.29 is 18.3 Å². The third-order valence-electron chi connectivity index (χ3n) is 4.74. The molecule has 0 saturated carbocycles. The summed E-state index contributed by atoms with van der Waals surface area (Å²) in [7, 11) is 0. The lowest BCUT2D eigenvalue weighted by atomic mass is 10.1. The number of hydrogen-bond donors (Lipinski definition) is 3. The van der Waals surface area contributed by atoms with E-state index >= 15 is 0 Å². The van der Waals surface area contributed by atoms with Gasteiger partial charge in [0.25, 0.3) is 5.56 Å². The highest BCUT2D eigenvalue weighted by Gasteiger charge is 2.36. The number of nitrogens with zero attached hydrogens (tertiary/aromatic N) is 2. The zero-order valence-electron chi connectivity index (χ0n) is 15.5. The molecule has 0 aliphatic heterocycles. The molecule has 0 fully saturated rings. The van der Waals surface area contributed by atoms with Gasteiger partial charge in [-0.05, 0) is 24.3 Å². The van der Waals surface area contributed by atoms with Crippen molar-refractivity contribution in [2.45, 2.75) is 17.1 Å². The minimum Gasteiger partial charge on any atom is -0.394 e. The molecule has 0 saturated heterocycles. The van der Waals surface area contributed by atoms with Gasteiger partial charge >= 0.3 is 11.9 Å². The normalized spacial score (nSPS) is 13.2. The third kappa shape index (κ3) is 3.95. The Morgan fingerprint density at radius 2 is 2.03 bits per heavy atom. The van der Waals surface area contributed by atoms with Crippen LogP contribution in [0.3, 0.4) is 0 Å². The summed E-state index contributed by atoms with van der Waals surface area (Å²) in [6, 6.07) is 5.47. The number of aromatic nitrogens is 4. The molecule has 0 aliphatic rings. The van der Waals surface area contributed by atoms with Gasteiger partial charge < -0.3 is 14.7 Å². The zero-order valence-corrected chi connectivity index (χ0v) is 17.1. The summed E-state index contributed by atoms with van der Waals surface area (Å²) < 4.78 is 42.2. The van der Waals surface area contributed by atoms with Crippen LogP contribution in [-0.2, 0) is 6.18 Å². The van der Waals surface area contributed by atoms with Crippen LogP contribution < -0.4 is 11.2 Å². The van der Waals surface area contributed by atoms with E-state index in [2.05, 4.69) is 9.97 Å². The largest absolute Gasteiger partial charge is 0.417 e. The Labute approximate surface area is 180 Å². The maximum absolute atomic E-state index is 13.5. The average molecular weight is 471 g/mol. The molecule has 3 aromatic heterocycles. The molecule has 0 amide bonds. The number of halogens is 4. The van der Waals surface area contributed by atoms with Crippen molar-refractivity contribution in [3.8, 4) is 0 Å². The SMILES string of the molecule is O=c1[nH]c(=O)c2cc(C(F)(F)F)c(Cl)c(SCC(CO)n3ccc4cccnc43)c2[nH]1. The number of aliphatic hydroxyl groups is 1. The second kappa shape index (κ2) is 8.06. The lowest BCUT2D eigenvalue weighted by Crippen LogP contribution is -2.23. The predicted octanol–water partition coefficient (Wildman–Crippen LogP) is 3.56. The number of hydrogen-bond acceptors (Lipinski definition) is 5. The number of pyridine rings is 1. The molecule has 3 N–H and O–H groups in total. The number of thioether (sulfide) groups is 1. The fourth-order valence-corrected chi connectivity index (χ4v) is 4.86. The third-order valence-corrected chi connectivity index (χ3v) is 6.49. The van der Waals surface area contributed by atoms with Gasteiger partial charge in [0, 0.05) is 23.5 Å². The first kappa shape index (κ1) is 21.5. The Morgan fingerprint density at radius 1 is 1.26 bits per heavy atom. The van der Waals surface area contributed by atoms with E-state index in [0.717, 1.165) is 17.1 Å². The highest BCUT2D eigenvalue weighted by Crippen LogP contribution is 2.43. The second-order valence-corrected chi connectivity index (χ2v) is 8.09. The molecule has 4 aromatic rings. The van der Waals surface area contributed by atoms with E-state index < -0.39 is 34.1 Å². The molecule has 162 valence electrons. The van der Waals surface area contributed by atoms with Crippen molar-refractivity contribution in [1.82, 2.24) is 19.5 Å². The summed E-state index contributed by atoms with van der Waals surface area (Å²) in [6.07, 6.45) is -1.49. The molecule has 1 unspecified atom stereocenters. The monoisotopic (exact) mass is 470 g/mol. The molecular formula is C19H14ClF3N4O3S. The minimum absolute atomic E-state index is 0.0936. The number of aromatic amines is 2. The van der Waals surface area contributed by atoms with E-state index in [9.17, 15) is 27.9 Å². The van der Waals surface area contributed by atoms with E-state index in [-0.39, 0.29) is 28.2 Å². The Kier molecular flexibility index (Phi) is 5.58. The molecule has 7 nitrogen and oxygen atoms in total. The van der Waals surface area contributed by atoms with Crippen LogP contribution in [0.2, 0.25) is 5.02 Å². The number of rotatable bonds is 5. The van der Waals surface area contributed by atoms with Crippen LogP contribution in [0.1, 0.15) is 11.6 Å². The smallest absolute Gasteiger partial charge is 0.394 e. The van der Waals surface area contributed by atoms with E-state index in [1.807, 2.05) is 11.1 Å². The fourth-order valence-electron chi connectivity index (χ4n) is 3.28. The Hall–Kier alpha value is -2.76. The topological polar surface area (TPSA) is 104 Å². The van der Waals surface area contributed by atoms with Gasteiger partial charge in [0.05, 0.1) is 39.0 Å². The van der Waals surface area contributed by atoms with Gasteiger partial charge in [-0.25, -0.2) is 9.78 Å². The first-order valence-electron chi connectivity index (χ1n) is 8.92. The molecule has 1 aromatic carbocycles. The zero-order chi connectivity index (χ0) is 22.3. The number of nitrogens with one attached hydrogen (secondary N) is 2. The fraction of sp³-hybridized carbons (Fsp3) is 0.211. The lowest BCUT2D eigenvalue weighted by molar-refractivity contribution is -0.137. The highest BCUT2D eigenvalue weighted by molar-refractivity contribution is 7.99. The molecule has 0 spiro atoms. The number of alkyl halides is 3. The Balaban J connectivity index is 1.80. The van der Waals surface area contributed by atoms with Crippen LogP contribution in [0.4, 0.5) is 13.2 Å². The average Bonchev–Trinajstić information content (AvgIpc) is 3.13. The molecular weight excluding hydrogens is 457 g/mol. The quantitative estimate of drug-likeness (QED) is 0.387. The Bertz CT molecular complexity index is 1400. The summed E-state index contributed by atoms with van der Waals surface area (Å²) in [4.78, 5) is 32.3. The first-order valence-corrected chi connectivity index (χ1v) is 10.3. The van der Waals surface area contributed by atoms with Crippen LogP contribution in [0, 0.1) is 0 Å². The van der Waals surface area contributed by atoms with Crippen molar-refractivity contribution in [3.05, 3.63) is 68.1 Å². The summed E-state index contributed by atoms with van der Waals surface area (Å²) in [5.74, 6) is 0.0990. The first-order chi connectivity index (χ1) is 14.7. The van der Waals surface area contributed by atoms with E-state index in [1.165, 1.54) is 0 Å². The van der Waals surface area contributed by atoms with Crippen molar-refractivity contribution >= 4 is 45.3 Å². The maximum Gasteiger partial charge on any atom is 0.417 e. The van der Waals surface area contributed by atoms with Crippen molar-refractivity contribution in [1.29, 1.82) is 0 Å². The molecule has 0 bridgehead atoms. The number of H-pyrrole nitrogens is 2. The van der Waals surface area contributed by atoms with Gasteiger partial charge in [0.2, 0.25) is 0 Å². The van der Waals surface area contributed by atoms with Gasteiger partial charge in [-0.15, -0.1) is 11.8 Å². The van der Waals surface area contributed by atoms with Gasteiger partial charge in [0.15, 0.2) is 0 Å². The standard InChI is InChI=1S/C19H14ClF3N4O3S/c20-13-12(19(21,22)23)6-11-14(25-18(30)26-17(11)29)15(13)31-8-10(7-28)27-5-3-9-2-1-4-24-16(9)27/h1-6,10,28H,7-8H2,(H2,25,26,29,30). The van der Waals surface area contributed by atoms with Crippen LogP contribution >= 0.6 is 23.4 Å². The Morgan fingerprint density at radius 3 is 2.74 bits per heavy atom. The van der Waals surface area contributed by atoms with Crippen molar-refractivity contribution in [2.75, 3.05) is 12.4 Å². The lowest BCUT2D eigenvalue weighted by Gasteiger charge is -2.19. The van der Waals surface area contributed by atoms with Gasteiger partial charge in [-0.1, -0.05) is 11.6 Å². The van der Waals surface area contributed by atoms with Crippen LogP contribution in [0.15, 0.2) is 51.1 Å². The molecule has 3 heterocycles. The van der Waals surface area contributed by atoms with Gasteiger partial charge in [-0.2, -0.15) is 13.2 Å². The molecule has 4 rings (SSSR count). The van der Waals surface area contributed by atoms with Crippen molar-refractivity contribution in [3.63, 3.8) is 0 Å². The molecule has 0 radical (unpaired) electrons. The molecule has 31 heavy (non-hydrogen) atoms. The van der Waals surface area contributed by atoms with Crippen LogP contribution in [0.25, 0.3) is 21.9 Å². The van der Waals surface area contributed by atoms with Gasteiger partial charge in [0.1, 0.15) is 5.65 Å². The number of fused-ring (bicyclic) bond motifs is 2. The summed E-state index contributed by atoms with van der Waals surface area (Å²) in [5, 5.41) is 9.77. The minimum atomic E-state index is -4.81. The van der Waals surface area contributed by atoms with Crippen LogP contribution in [0.5, 0.6) is 0 Å². The summed E-state index contributed by atoms with van der Waals surface area (Å²) in [5.41, 5.74) is -2.50. The second-order valence-electron chi connectivity index (χ2n) is 6.68. The van der Waals surface area contributed by atoms with E-state index in [4.69, 9.17) is 11.6 Å². The number of aliphatic hydroxyl groups excluding tert-OH is 1. The van der Waals surface area contributed by atoms with E-state index in [1.54, 1.807) is 29.1 Å². The molecule has 0 aliphatic carbocycles. The highest BCUT2D eigenvalue weighted by atomic mass is 35.5. The summed E-state index contributed by atoms with van der Waals surface area (Å²) in [6.45, 7) is -0.320. The maximum atomic E-state index is 13.5. The van der Waals surface area contributed by atoms with Gasteiger partial charge in [-0.3, -0.25) is 9.78 Å². The molecule has 1 atom stereocenters. The molecule has 12 heteroatoms.